The zero-order chi connectivity index (χ0) is 12.3. The molecule has 0 radical (unpaired) electrons. The lowest BCUT2D eigenvalue weighted by Gasteiger charge is -2.15. The molecule has 4 nitrogen and oxygen atoms in total. The molecule has 2 aromatic heterocycles. The Morgan fingerprint density at radius 2 is 2.35 bits per heavy atom. The van der Waals surface area contributed by atoms with Crippen molar-refractivity contribution in [2.24, 2.45) is 5.73 Å². The fourth-order valence-electron chi connectivity index (χ4n) is 1.85. The molecule has 5 heteroatoms. The van der Waals surface area contributed by atoms with Crippen LogP contribution in [0.2, 0.25) is 0 Å². The third kappa shape index (κ3) is 2.73. The molecule has 2 rings (SSSR count). The largest absolute Gasteiger partial charge is 0.332 e. The minimum Gasteiger partial charge on any atom is -0.332 e. The van der Waals surface area contributed by atoms with Crippen LogP contribution in [0.4, 0.5) is 0 Å². The summed E-state index contributed by atoms with van der Waals surface area (Å²) >= 11 is 1.70. The second-order valence-corrected chi connectivity index (χ2v) is 5.18. The highest BCUT2D eigenvalue weighted by atomic mass is 32.1. The van der Waals surface area contributed by atoms with Gasteiger partial charge in [-0.25, -0.2) is 9.97 Å². The average molecular weight is 250 g/mol. The first-order chi connectivity index (χ1) is 8.22. The minimum absolute atomic E-state index is 0.0704. The van der Waals surface area contributed by atoms with Gasteiger partial charge in [-0.05, 0) is 6.42 Å². The summed E-state index contributed by atoms with van der Waals surface area (Å²) in [6.07, 6.45) is 6.50. The topological polar surface area (TPSA) is 56.7 Å². The van der Waals surface area contributed by atoms with Gasteiger partial charge in [0, 0.05) is 36.3 Å². The lowest BCUT2D eigenvalue weighted by atomic mass is 10.1. The molecule has 1 unspecified atom stereocenters. The fourth-order valence-corrected chi connectivity index (χ4v) is 2.54. The summed E-state index contributed by atoms with van der Waals surface area (Å²) in [5.41, 5.74) is 7.17. The molecule has 0 saturated heterocycles. The molecule has 0 aromatic carbocycles. The zero-order valence-corrected chi connectivity index (χ0v) is 11.0. The maximum Gasteiger partial charge on any atom is 0.0970 e. The number of rotatable bonds is 5. The van der Waals surface area contributed by atoms with Crippen molar-refractivity contribution in [2.45, 2.75) is 38.8 Å². The van der Waals surface area contributed by atoms with Gasteiger partial charge in [0.1, 0.15) is 0 Å². The Balaban J connectivity index is 2.11. The van der Waals surface area contributed by atoms with Crippen molar-refractivity contribution < 1.29 is 0 Å². The smallest absolute Gasteiger partial charge is 0.0970 e. The van der Waals surface area contributed by atoms with Crippen molar-refractivity contribution in [3.63, 3.8) is 0 Å². The Morgan fingerprint density at radius 1 is 1.53 bits per heavy atom. The van der Waals surface area contributed by atoms with E-state index in [0.29, 0.717) is 5.92 Å². The molecule has 0 saturated carbocycles. The SMILES string of the molecule is CC[C@@H](N)c1cncn1CC(C)c1nccs1. The van der Waals surface area contributed by atoms with E-state index in [1.807, 2.05) is 24.1 Å². The van der Waals surface area contributed by atoms with Gasteiger partial charge in [0.25, 0.3) is 0 Å². The summed E-state index contributed by atoms with van der Waals surface area (Å²) in [5.74, 6) is 0.395. The predicted octanol–water partition coefficient (Wildman–Crippen LogP) is 2.55. The highest BCUT2D eigenvalue weighted by molar-refractivity contribution is 7.09. The molecule has 0 aliphatic rings. The van der Waals surface area contributed by atoms with Crippen LogP contribution in [0, 0.1) is 0 Å². The van der Waals surface area contributed by atoms with E-state index in [0.717, 1.165) is 23.7 Å². The fraction of sp³-hybridized carbons (Fsp3) is 0.500. The molecular formula is C12H18N4S. The van der Waals surface area contributed by atoms with Gasteiger partial charge in [0.05, 0.1) is 17.0 Å². The molecule has 0 amide bonds. The Hall–Kier alpha value is -1.20. The van der Waals surface area contributed by atoms with Gasteiger partial charge in [0.2, 0.25) is 0 Å². The van der Waals surface area contributed by atoms with Gasteiger partial charge in [-0.15, -0.1) is 11.3 Å². The Labute approximate surface area is 106 Å². The van der Waals surface area contributed by atoms with E-state index < -0.39 is 0 Å². The maximum absolute atomic E-state index is 6.06. The van der Waals surface area contributed by atoms with Crippen molar-refractivity contribution in [1.29, 1.82) is 0 Å². The molecule has 0 aliphatic heterocycles. The molecule has 0 spiro atoms. The summed E-state index contributed by atoms with van der Waals surface area (Å²) in [6.45, 7) is 5.16. The second kappa shape index (κ2) is 5.42. The van der Waals surface area contributed by atoms with Crippen molar-refractivity contribution in [3.8, 4) is 0 Å². The Morgan fingerprint density at radius 3 is 3.00 bits per heavy atom. The van der Waals surface area contributed by atoms with Crippen LogP contribution < -0.4 is 5.73 Å². The predicted molar refractivity (Wildman–Crippen MR) is 70.0 cm³/mol. The van der Waals surface area contributed by atoms with Crippen molar-refractivity contribution >= 4 is 11.3 Å². The average Bonchev–Trinajstić information content (AvgIpc) is 2.98. The van der Waals surface area contributed by atoms with Crippen molar-refractivity contribution in [3.05, 3.63) is 34.8 Å². The molecule has 92 valence electrons. The van der Waals surface area contributed by atoms with Crippen molar-refractivity contribution in [1.82, 2.24) is 14.5 Å². The quantitative estimate of drug-likeness (QED) is 0.887. The molecule has 2 heterocycles. The summed E-state index contributed by atoms with van der Waals surface area (Å²) in [4.78, 5) is 8.54. The van der Waals surface area contributed by atoms with Gasteiger partial charge in [-0.1, -0.05) is 13.8 Å². The molecular weight excluding hydrogens is 232 g/mol. The number of nitrogens with two attached hydrogens (primary N) is 1. The van der Waals surface area contributed by atoms with Gasteiger partial charge in [-0.3, -0.25) is 0 Å². The third-order valence-electron chi connectivity index (χ3n) is 2.91. The van der Waals surface area contributed by atoms with Crippen LogP contribution in [0.5, 0.6) is 0 Å². The first kappa shape index (κ1) is 12.3. The molecule has 2 N–H and O–H groups in total. The van der Waals surface area contributed by atoms with Gasteiger partial charge in [-0.2, -0.15) is 0 Å². The van der Waals surface area contributed by atoms with E-state index in [4.69, 9.17) is 5.73 Å². The van der Waals surface area contributed by atoms with E-state index in [9.17, 15) is 0 Å². The monoisotopic (exact) mass is 250 g/mol. The minimum atomic E-state index is 0.0704. The van der Waals surface area contributed by atoms with Crippen LogP contribution in [0.25, 0.3) is 0 Å². The van der Waals surface area contributed by atoms with Crippen LogP contribution >= 0.6 is 11.3 Å². The van der Waals surface area contributed by atoms with Crippen molar-refractivity contribution in [2.75, 3.05) is 0 Å². The standard InChI is InChI=1S/C12H18N4S/c1-3-10(13)11-6-14-8-16(11)7-9(2)12-15-4-5-17-12/h4-6,8-10H,3,7,13H2,1-2H3/t9?,10-/m1/s1. The number of hydrogen-bond acceptors (Lipinski definition) is 4. The molecule has 2 aromatic rings. The van der Waals surface area contributed by atoms with Crippen LogP contribution in [0.1, 0.15) is 42.9 Å². The zero-order valence-electron chi connectivity index (χ0n) is 10.2. The van der Waals surface area contributed by atoms with E-state index in [2.05, 4.69) is 28.4 Å². The highest BCUT2D eigenvalue weighted by Crippen LogP contribution is 2.22. The number of aromatic nitrogens is 3. The Kier molecular flexibility index (Phi) is 3.91. The maximum atomic E-state index is 6.06. The highest BCUT2D eigenvalue weighted by Gasteiger charge is 2.14. The van der Waals surface area contributed by atoms with Crippen LogP contribution in [-0.4, -0.2) is 14.5 Å². The van der Waals surface area contributed by atoms with Crippen LogP contribution in [0.15, 0.2) is 24.1 Å². The summed E-state index contributed by atoms with van der Waals surface area (Å²) in [5, 5.41) is 3.17. The lowest BCUT2D eigenvalue weighted by Crippen LogP contribution is -2.16. The van der Waals surface area contributed by atoms with Crippen LogP contribution in [0.3, 0.4) is 0 Å². The van der Waals surface area contributed by atoms with Gasteiger partial charge < -0.3 is 10.3 Å². The summed E-state index contributed by atoms with van der Waals surface area (Å²) in [7, 11) is 0. The number of hydrogen-bond donors (Lipinski definition) is 1. The van der Waals surface area contributed by atoms with E-state index in [1.54, 1.807) is 11.3 Å². The number of imidazole rings is 1. The second-order valence-electron chi connectivity index (χ2n) is 4.26. The van der Waals surface area contributed by atoms with Crippen LogP contribution in [-0.2, 0) is 6.54 Å². The van der Waals surface area contributed by atoms with E-state index >= 15 is 0 Å². The lowest BCUT2D eigenvalue weighted by molar-refractivity contribution is 0.541. The summed E-state index contributed by atoms with van der Waals surface area (Å²) < 4.78 is 2.14. The van der Waals surface area contributed by atoms with E-state index in [1.165, 1.54) is 0 Å². The first-order valence-electron chi connectivity index (χ1n) is 5.87. The third-order valence-corrected chi connectivity index (χ3v) is 3.91. The molecule has 17 heavy (non-hydrogen) atoms. The van der Waals surface area contributed by atoms with Gasteiger partial charge in [0.15, 0.2) is 0 Å². The molecule has 0 fully saturated rings. The molecule has 0 aliphatic carbocycles. The molecule has 0 bridgehead atoms. The molecule has 2 atom stereocenters. The number of thiazole rings is 1. The first-order valence-corrected chi connectivity index (χ1v) is 6.75. The van der Waals surface area contributed by atoms with E-state index in [-0.39, 0.29) is 6.04 Å². The van der Waals surface area contributed by atoms with Gasteiger partial charge >= 0.3 is 0 Å². The normalized spacial score (nSPS) is 14.8. The summed E-state index contributed by atoms with van der Waals surface area (Å²) in [6, 6.07) is 0.0704. The number of nitrogens with zero attached hydrogens (tertiary/aromatic N) is 3. The Bertz CT molecular complexity index is 449.